The maximum Gasteiger partial charge on any atom is 0.144 e. The van der Waals surface area contributed by atoms with Crippen LogP contribution in [-0.4, -0.2) is 0 Å². The van der Waals surface area contributed by atoms with Crippen LogP contribution in [0.5, 0.6) is 0 Å². The monoisotopic (exact) mass is 379 g/mol. The van der Waals surface area contributed by atoms with Crippen molar-refractivity contribution in [1.29, 1.82) is 5.26 Å². The van der Waals surface area contributed by atoms with Crippen molar-refractivity contribution in [3.05, 3.63) is 58.7 Å². The molecular weight excluding hydrogens is 352 g/mol. The van der Waals surface area contributed by atoms with Crippen molar-refractivity contribution in [2.24, 2.45) is 11.8 Å². The summed E-state index contributed by atoms with van der Waals surface area (Å²) in [7, 11) is 0. The molecule has 2 aliphatic carbocycles. The van der Waals surface area contributed by atoms with Gasteiger partial charge in [-0.1, -0.05) is 44.4 Å². The fourth-order valence-corrected chi connectivity index (χ4v) is 5.40. The standard InChI is InChI=1S/C25H27F2N/c1-2-3-4-16-5-9-21-18(11-16)6-7-19-12-17(8-10-22(19)21)20-13-24(26)23(15-28)25(27)14-20/h8,10,12-14,16,18,21H,2-7,9,11H2,1H3. The minimum absolute atomic E-state index is 0.502. The summed E-state index contributed by atoms with van der Waals surface area (Å²) in [6.07, 6.45) is 10.2. The van der Waals surface area contributed by atoms with Crippen LogP contribution in [0.15, 0.2) is 30.3 Å². The molecule has 0 aromatic heterocycles. The lowest BCUT2D eigenvalue weighted by atomic mass is 9.64. The molecule has 0 radical (unpaired) electrons. The van der Waals surface area contributed by atoms with Crippen LogP contribution in [-0.2, 0) is 6.42 Å². The van der Waals surface area contributed by atoms with Crippen molar-refractivity contribution in [2.45, 2.75) is 64.2 Å². The molecule has 4 rings (SSSR count). The van der Waals surface area contributed by atoms with Crippen LogP contribution in [0.3, 0.4) is 0 Å². The van der Waals surface area contributed by atoms with Crippen molar-refractivity contribution in [3.8, 4) is 17.2 Å². The van der Waals surface area contributed by atoms with Gasteiger partial charge in [0.15, 0.2) is 0 Å². The average Bonchev–Trinajstić information content (AvgIpc) is 2.71. The van der Waals surface area contributed by atoms with Gasteiger partial charge in [0.1, 0.15) is 23.3 Å². The van der Waals surface area contributed by atoms with E-state index in [0.29, 0.717) is 11.5 Å². The molecule has 0 bridgehead atoms. The Hall–Kier alpha value is -2.21. The first-order chi connectivity index (χ1) is 13.6. The summed E-state index contributed by atoms with van der Waals surface area (Å²) in [4.78, 5) is 0. The molecule has 146 valence electrons. The normalized spacial score (nSPS) is 23.6. The number of halogens is 2. The molecule has 2 aromatic rings. The first kappa shape index (κ1) is 19.1. The van der Waals surface area contributed by atoms with Crippen molar-refractivity contribution < 1.29 is 8.78 Å². The third kappa shape index (κ3) is 3.58. The highest BCUT2D eigenvalue weighted by Gasteiger charge is 2.35. The molecule has 0 N–H and O–H groups in total. The van der Waals surface area contributed by atoms with Crippen LogP contribution in [0, 0.1) is 34.8 Å². The van der Waals surface area contributed by atoms with Crippen molar-refractivity contribution in [1.82, 2.24) is 0 Å². The first-order valence-corrected chi connectivity index (χ1v) is 10.6. The third-order valence-corrected chi connectivity index (χ3v) is 6.87. The molecule has 0 spiro atoms. The Balaban J connectivity index is 1.58. The number of aryl methyl sites for hydroxylation is 1. The topological polar surface area (TPSA) is 23.8 Å². The lowest BCUT2D eigenvalue weighted by molar-refractivity contribution is 0.200. The van der Waals surface area contributed by atoms with Crippen LogP contribution in [0.2, 0.25) is 0 Å². The maximum atomic E-state index is 14.0. The first-order valence-electron chi connectivity index (χ1n) is 10.6. The van der Waals surface area contributed by atoms with Gasteiger partial charge in [0, 0.05) is 0 Å². The fourth-order valence-electron chi connectivity index (χ4n) is 5.40. The van der Waals surface area contributed by atoms with Gasteiger partial charge in [0.2, 0.25) is 0 Å². The van der Waals surface area contributed by atoms with Gasteiger partial charge in [-0.15, -0.1) is 0 Å². The van der Waals surface area contributed by atoms with Crippen LogP contribution in [0.4, 0.5) is 8.78 Å². The summed E-state index contributed by atoms with van der Waals surface area (Å²) in [6, 6.07) is 10.4. The molecular formula is C25H27F2N. The zero-order chi connectivity index (χ0) is 19.7. The van der Waals surface area contributed by atoms with Crippen molar-refractivity contribution in [3.63, 3.8) is 0 Å². The maximum absolute atomic E-state index is 14.0. The number of benzene rings is 2. The molecule has 0 heterocycles. The summed E-state index contributed by atoms with van der Waals surface area (Å²) in [6.45, 7) is 2.27. The van der Waals surface area contributed by atoms with Gasteiger partial charge in [-0.25, -0.2) is 8.78 Å². The van der Waals surface area contributed by atoms with Crippen LogP contribution in [0.25, 0.3) is 11.1 Å². The van der Waals surface area contributed by atoms with Crippen LogP contribution in [0.1, 0.15) is 74.5 Å². The number of nitrogens with zero attached hydrogens (tertiary/aromatic N) is 1. The number of rotatable bonds is 4. The molecule has 0 aliphatic heterocycles. The highest BCUT2D eigenvalue weighted by molar-refractivity contribution is 5.66. The van der Waals surface area contributed by atoms with E-state index in [2.05, 4.69) is 19.1 Å². The predicted molar refractivity (Wildman–Crippen MR) is 108 cm³/mol. The molecule has 3 heteroatoms. The van der Waals surface area contributed by atoms with Gasteiger partial charge in [-0.2, -0.15) is 5.26 Å². The van der Waals surface area contributed by atoms with E-state index < -0.39 is 17.2 Å². The Morgan fingerprint density at radius 1 is 1.04 bits per heavy atom. The lowest BCUT2D eigenvalue weighted by Gasteiger charge is -2.41. The molecule has 3 unspecified atom stereocenters. The van der Waals surface area contributed by atoms with Gasteiger partial charge in [-0.3, -0.25) is 0 Å². The van der Waals surface area contributed by atoms with Crippen molar-refractivity contribution in [2.75, 3.05) is 0 Å². The molecule has 3 atom stereocenters. The van der Waals surface area contributed by atoms with Gasteiger partial charge in [-0.05, 0) is 84.2 Å². The van der Waals surface area contributed by atoms with E-state index >= 15 is 0 Å². The van der Waals surface area contributed by atoms with E-state index in [4.69, 9.17) is 5.26 Å². The smallest absolute Gasteiger partial charge is 0.144 e. The summed E-state index contributed by atoms with van der Waals surface area (Å²) >= 11 is 0. The largest absolute Gasteiger partial charge is 0.205 e. The average molecular weight is 379 g/mol. The number of fused-ring (bicyclic) bond motifs is 3. The van der Waals surface area contributed by atoms with E-state index in [-0.39, 0.29) is 0 Å². The van der Waals surface area contributed by atoms with Crippen LogP contribution < -0.4 is 0 Å². The predicted octanol–water partition coefficient (Wildman–Crippen LogP) is 7.14. The van der Waals surface area contributed by atoms with Gasteiger partial charge in [0.05, 0.1) is 0 Å². The highest BCUT2D eigenvalue weighted by atomic mass is 19.1. The van der Waals surface area contributed by atoms with E-state index in [9.17, 15) is 8.78 Å². The summed E-state index contributed by atoms with van der Waals surface area (Å²) in [5.41, 5.74) is 3.60. The van der Waals surface area contributed by atoms with Crippen LogP contribution >= 0.6 is 0 Å². The van der Waals surface area contributed by atoms with Crippen molar-refractivity contribution >= 4 is 0 Å². The van der Waals surface area contributed by atoms with E-state index in [1.54, 1.807) is 6.07 Å². The second-order valence-corrected chi connectivity index (χ2v) is 8.57. The number of unbranched alkanes of at least 4 members (excludes halogenated alkanes) is 1. The second-order valence-electron chi connectivity index (χ2n) is 8.57. The summed E-state index contributed by atoms with van der Waals surface area (Å²) in [5.74, 6) is 0.747. The highest BCUT2D eigenvalue weighted by Crippen LogP contribution is 2.48. The molecule has 1 nitrogen and oxygen atoms in total. The van der Waals surface area contributed by atoms with E-state index in [0.717, 1.165) is 23.8 Å². The minimum Gasteiger partial charge on any atom is -0.205 e. The fraction of sp³-hybridized carbons (Fsp3) is 0.480. The second kappa shape index (κ2) is 8.03. The van der Waals surface area contributed by atoms with E-state index in [1.165, 1.54) is 68.2 Å². The molecule has 2 aliphatic rings. The quantitative estimate of drug-likeness (QED) is 0.554. The molecule has 1 fully saturated rings. The zero-order valence-electron chi connectivity index (χ0n) is 16.5. The summed E-state index contributed by atoms with van der Waals surface area (Å²) < 4.78 is 28.0. The Bertz CT molecular complexity index is 888. The molecule has 0 saturated heterocycles. The summed E-state index contributed by atoms with van der Waals surface area (Å²) in [5, 5.41) is 8.87. The van der Waals surface area contributed by atoms with Gasteiger partial charge < -0.3 is 0 Å². The Morgan fingerprint density at radius 2 is 1.82 bits per heavy atom. The van der Waals surface area contributed by atoms with E-state index in [1.807, 2.05) is 6.07 Å². The molecule has 1 saturated carbocycles. The lowest BCUT2D eigenvalue weighted by Crippen LogP contribution is -2.28. The molecule has 0 amide bonds. The number of hydrogen-bond acceptors (Lipinski definition) is 1. The minimum atomic E-state index is -0.791. The SMILES string of the molecule is CCCCC1CCC2c3ccc(-c4cc(F)c(C#N)c(F)c4)cc3CCC2C1. The Morgan fingerprint density at radius 3 is 2.54 bits per heavy atom. The molecule has 28 heavy (non-hydrogen) atoms. The molecule has 2 aromatic carbocycles. The Labute approximate surface area is 166 Å². The third-order valence-electron chi connectivity index (χ3n) is 6.87. The number of hydrogen-bond donors (Lipinski definition) is 0. The van der Waals surface area contributed by atoms with Gasteiger partial charge in [0.25, 0.3) is 0 Å². The Kier molecular flexibility index (Phi) is 5.49. The van der Waals surface area contributed by atoms with Gasteiger partial charge >= 0.3 is 0 Å². The number of nitriles is 1. The zero-order valence-corrected chi connectivity index (χ0v) is 16.5.